The Morgan fingerprint density at radius 1 is 0.921 bits per heavy atom. The van der Waals surface area contributed by atoms with Crippen molar-refractivity contribution in [3.63, 3.8) is 0 Å². The van der Waals surface area contributed by atoms with Crippen molar-refractivity contribution >= 4 is 63.0 Å². The van der Waals surface area contributed by atoms with Crippen LogP contribution >= 0.6 is 35.0 Å². The van der Waals surface area contributed by atoms with Crippen LogP contribution in [0.5, 0.6) is 11.5 Å². The Bertz CT molecular complexity index is 1550. The number of fused-ring (bicyclic) bond motifs is 1. The lowest BCUT2D eigenvalue weighted by Gasteiger charge is -2.15. The SMILES string of the molecule is CCOc1cc(/C=C2/SC(=O)N(Cc3cccc4ccccc34)C2=O)cc(Cl)c1OCc1ccc(Cl)cc1. The van der Waals surface area contributed by atoms with E-state index in [1.165, 1.54) is 4.90 Å². The number of amides is 2. The first-order valence-electron chi connectivity index (χ1n) is 12.0. The molecule has 0 radical (unpaired) electrons. The molecule has 192 valence electrons. The van der Waals surface area contributed by atoms with Crippen LogP contribution in [0.3, 0.4) is 0 Å². The fourth-order valence-electron chi connectivity index (χ4n) is 4.20. The summed E-state index contributed by atoms with van der Waals surface area (Å²) in [5.74, 6) is 0.518. The maximum Gasteiger partial charge on any atom is 0.293 e. The van der Waals surface area contributed by atoms with Crippen LogP contribution in [0, 0.1) is 0 Å². The molecule has 38 heavy (non-hydrogen) atoms. The van der Waals surface area contributed by atoms with E-state index in [0.717, 1.165) is 33.7 Å². The van der Waals surface area contributed by atoms with Crippen molar-refractivity contribution in [3.05, 3.63) is 111 Å². The summed E-state index contributed by atoms with van der Waals surface area (Å²) in [7, 11) is 0. The number of rotatable bonds is 8. The van der Waals surface area contributed by atoms with Gasteiger partial charge in [0, 0.05) is 5.02 Å². The molecular formula is C30H23Cl2NO4S. The van der Waals surface area contributed by atoms with Gasteiger partial charge in [0.2, 0.25) is 0 Å². The molecule has 1 heterocycles. The van der Waals surface area contributed by atoms with Crippen LogP contribution in [0.25, 0.3) is 16.8 Å². The third-order valence-corrected chi connectivity index (χ3v) is 7.45. The molecule has 5 nitrogen and oxygen atoms in total. The molecule has 2 amide bonds. The molecule has 1 fully saturated rings. The molecule has 5 rings (SSSR count). The predicted octanol–water partition coefficient (Wildman–Crippen LogP) is 8.36. The third-order valence-electron chi connectivity index (χ3n) is 6.01. The van der Waals surface area contributed by atoms with Crippen LogP contribution in [-0.2, 0) is 17.9 Å². The molecular weight excluding hydrogens is 541 g/mol. The Labute approximate surface area is 234 Å². The Morgan fingerprint density at radius 2 is 1.68 bits per heavy atom. The average molecular weight is 564 g/mol. The van der Waals surface area contributed by atoms with Crippen molar-refractivity contribution in [1.82, 2.24) is 4.90 Å². The fourth-order valence-corrected chi connectivity index (χ4v) is 5.44. The van der Waals surface area contributed by atoms with E-state index in [1.54, 1.807) is 30.3 Å². The van der Waals surface area contributed by atoms with Crippen LogP contribution in [0.4, 0.5) is 4.79 Å². The number of thioether (sulfide) groups is 1. The van der Waals surface area contributed by atoms with Crippen LogP contribution in [0.15, 0.2) is 83.8 Å². The highest BCUT2D eigenvalue weighted by molar-refractivity contribution is 8.18. The molecule has 0 N–H and O–H groups in total. The number of nitrogens with zero attached hydrogens (tertiary/aromatic N) is 1. The number of carbonyl (C=O) groups excluding carboxylic acids is 2. The standard InChI is InChI=1S/C30H23Cl2NO4S/c1-2-36-26-15-20(14-25(32)28(26)37-18-19-10-12-23(31)13-11-19)16-27-29(34)33(30(35)38-27)17-22-8-5-7-21-6-3-4-9-24(21)22/h3-16H,2,17-18H2,1H3/b27-16+. The fraction of sp³-hybridized carbons (Fsp3) is 0.133. The first-order chi connectivity index (χ1) is 18.4. The summed E-state index contributed by atoms with van der Waals surface area (Å²) < 4.78 is 11.8. The van der Waals surface area contributed by atoms with Gasteiger partial charge in [-0.2, -0.15) is 0 Å². The van der Waals surface area contributed by atoms with Crippen LogP contribution in [-0.4, -0.2) is 22.7 Å². The highest BCUT2D eigenvalue weighted by atomic mass is 35.5. The van der Waals surface area contributed by atoms with Gasteiger partial charge in [-0.15, -0.1) is 0 Å². The number of hydrogen-bond donors (Lipinski definition) is 0. The molecule has 0 spiro atoms. The molecule has 0 unspecified atom stereocenters. The second-order valence-electron chi connectivity index (χ2n) is 8.58. The lowest BCUT2D eigenvalue weighted by atomic mass is 10.0. The first-order valence-corrected chi connectivity index (χ1v) is 13.6. The highest BCUT2D eigenvalue weighted by Crippen LogP contribution is 2.40. The maximum absolute atomic E-state index is 13.2. The molecule has 1 aliphatic heterocycles. The van der Waals surface area contributed by atoms with Crippen molar-refractivity contribution in [3.8, 4) is 11.5 Å². The molecule has 0 aromatic heterocycles. The van der Waals surface area contributed by atoms with Crippen LogP contribution < -0.4 is 9.47 Å². The largest absolute Gasteiger partial charge is 0.490 e. The van der Waals surface area contributed by atoms with Crippen molar-refractivity contribution in [2.45, 2.75) is 20.1 Å². The minimum absolute atomic E-state index is 0.200. The third kappa shape index (κ3) is 5.68. The van der Waals surface area contributed by atoms with Gasteiger partial charge in [-0.1, -0.05) is 77.8 Å². The van der Waals surface area contributed by atoms with E-state index in [0.29, 0.717) is 38.6 Å². The summed E-state index contributed by atoms with van der Waals surface area (Å²) in [4.78, 5) is 27.6. The van der Waals surface area contributed by atoms with Gasteiger partial charge in [0.1, 0.15) is 6.61 Å². The quantitative estimate of drug-likeness (QED) is 0.201. The van der Waals surface area contributed by atoms with Gasteiger partial charge in [0.25, 0.3) is 11.1 Å². The van der Waals surface area contributed by atoms with Crippen molar-refractivity contribution in [2.24, 2.45) is 0 Å². The van der Waals surface area contributed by atoms with E-state index >= 15 is 0 Å². The van der Waals surface area contributed by atoms with Crippen LogP contribution in [0.2, 0.25) is 10.0 Å². The highest BCUT2D eigenvalue weighted by Gasteiger charge is 2.35. The molecule has 4 aromatic rings. The van der Waals surface area contributed by atoms with E-state index in [4.69, 9.17) is 32.7 Å². The number of ether oxygens (including phenoxy) is 2. The topological polar surface area (TPSA) is 55.8 Å². The Kier molecular flexibility index (Phi) is 7.93. The van der Waals surface area contributed by atoms with Crippen LogP contribution in [0.1, 0.15) is 23.6 Å². The molecule has 8 heteroatoms. The van der Waals surface area contributed by atoms with Gasteiger partial charge in [0.05, 0.1) is 23.1 Å². The number of imide groups is 1. The Morgan fingerprint density at radius 3 is 2.47 bits per heavy atom. The summed E-state index contributed by atoms with van der Waals surface area (Å²) in [5.41, 5.74) is 2.47. The zero-order valence-electron chi connectivity index (χ0n) is 20.4. The summed E-state index contributed by atoms with van der Waals surface area (Å²) >= 11 is 13.5. The molecule has 1 saturated heterocycles. The van der Waals surface area contributed by atoms with Crippen molar-refractivity contribution < 1.29 is 19.1 Å². The molecule has 0 atom stereocenters. The lowest BCUT2D eigenvalue weighted by Crippen LogP contribution is -2.27. The smallest absolute Gasteiger partial charge is 0.293 e. The van der Waals surface area contributed by atoms with E-state index in [9.17, 15) is 9.59 Å². The van der Waals surface area contributed by atoms with E-state index < -0.39 is 0 Å². The molecule has 4 aromatic carbocycles. The zero-order chi connectivity index (χ0) is 26.6. The average Bonchev–Trinajstić information content (AvgIpc) is 3.17. The molecule has 0 bridgehead atoms. The number of benzene rings is 4. The van der Waals surface area contributed by atoms with Gasteiger partial charge < -0.3 is 9.47 Å². The van der Waals surface area contributed by atoms with Crippen molar-refractivity contribution in [1.29, 1.82) is 0 Å². The summed E-state index contributed by atoms with van der Waals surface area (Å²) in [6.45, 7) is 2.75. The van der Waals surface area contributed by atoms with Gasteiger partial charge in [-0.05, 0) is 76.5 Å². The monoisotopic (exact) mass is 563 g/mol. The Balaban J connectivity index is 1.38. The minimum atomic E-state index is -0.343. The Hall–Kier alpha value is -3.45. The predicted molar refractivity (Wildman–Crippen MR) is 154 cm³/mol. The van der Waals surface area contributed by atoms with Gasteiger partial charge in [-0.25, -0.2) is 0 Å². The maximum atomic E-state index is 13.2. The summed E-state index contributed by atoms with van der Waals surface area (Å²) in [6.07, 6.45) is 1.66. The first kappa shape index (κ1) is 26.2. The summed E-state index contributed by atoms with van der Waals surface area (Å²) in [5, 5.41) is 2.75. The lowest BCUT2D eigenvalue weighted by molar-refractivity contribution is -0.123. The minimum Gasteiger partial charge on any atom is -0.490 e. The second kappa shape index (κ2) is 11.5. The molecule has 0 aliphatic carbocycles. The zero-order valence-corrected chi connectivity index (χ0v) is 22.8. The van der Waals surface area contributed by atoms with Gasteiger partial charge in [-0.3, -0.25) is 14.5 Å². The van der Waals surface area contributed by atoms with Gasteiger partial charge >= 0.3 is 0 Å². The van der Waals surface area contributed by atoms with E-state index in [-0.39, 0.29) is 24.3 Å². The molecule has 1 aliphatic rings. The second-order valence-corrected chi connectivity index (χ2v) is 10.4. The van der Waals surface area contributed by atoms with Crippen molar-refractivity contribution in [2.75, 3.05) is 6.61 Å². The van der Waals surface area contributed by atoms with E-state index in [2.05, 4.69) is 0 Å². The number of hydrogen-bond acceptors (Lipinski definition) is 5. The normalized spacial score (nSPS) is 14.5. The number of halogens is 2. The summed E-state index contributed by atoms with van der Waals surface area (Å²) in [6, 6.07) is 24.6. The number of carbonyl (C=O) groups is 2. The van der Waals surface area contributed by atoms with Gasteiger partial charge in [0.15, 0.2) is 11.5 Å². The molecule has 0 saturated carbocycles. The van der Waals surface area contributed by atoms with E-state index in [1.807, 2.05) is 61.5 Å².